The zero-order chi connectivity index (χ0) is 13.5. The molecule has 0 aliphatic heterocycles. The molecule has 0 heterocycles. The van der Waals surface area contributed by atoms with Crippen molar-refractivity contribution in [1.82, 2.24) is 5.32 Å². The highest BCUT2D eigenvalue weighted by molar-refractivity contribution is 5.72. The number of benzene rings is 1. The van der Waals surface area contributed by atoms with Crippen molar-refractivity contribution in [2.45, 2.75) is 45.9 Å². The highest BCUT2D eigenvalue weighted by atomic mass is 16.5. The first-order valence-corrected chi connectivity index (χ1v) is 6.25. The van der Waals surface area contributed by atoms with Crippen LogP contribution in [0.5, 0.6) is 5.75 Å². The number of aliphatic carboxylic acids is 1. The first kappa shape index (κ1) is 14.5. The second-order valence-corrected chi connectivity index (χ2v) is 4.50. The summed E-state index contributed by atoms with van der Waals surface area (Å²) in [6, 6.07) is 7.90. The van der Waals surface area contributed by atoms with Gasteiger partial charge in [-0.3, -0.25) is 0 Å². The van der Waals surface area contributed by atoms with E-state index in [1.165, 1.54) is 0 Å². The molecule has 4 nitrogen and oxygen atoms in total. The van der Waals surface area contributed by atoms with E-state index in [2.05, 4.69) is 19.2 Å². The van der Waals surface area contributed by atoms with Crippen LogP contribution in [-0.2, 0) is 11.3 Å². The first-order valence-electron chi connectivity index (χ1n) is 6.25. The minimum absolute atomic E-state index is 0.375. The Kier molecular flexibility index (Phi) is 5.65. The van der Waals surface area contributed by atoms with E-state index in [0.717, 1.165) is 5.56 Å². The lowest BCUT2D eigenvalue weighted by atomic mass is 10.2. The van der Waals surface area contributed by atoms with E-state index in [1.54, 1.807) is 6.92 Å². The molecule has 1 unspecified atom stereocenters. The van der Waals surface area contributed by atoms with Gasteiger partial charge in [0.2, 0.25) is 0 Å². The van der Waals surface area contributed by atoms with E-state index in [0.29, 0.717) is 24.8 Å². The van der Waals surface area contributed by atoms with Crippen molar-refractivity contribution >= 4 is 5.97 Å². The van der Waals surface area contributed by atoms with Gasteiger partial charge in [0.25, 0.3) is 0 Å². The maximum absolute atomic E-state index is 11.0. The fourth-order valence-corrected chi connectivity index (χ4v) is 1.54. The molecule has 0 aromatic heterocycles. The second-order valence-electron chi connectivity index (χ2n) is 4.50. The molecule has 2 N–H and O–H groups in total. The number of nitrogens with one attached hydrogen (secondary N) is 1. The van der Waals surface area contributed by atoms with Crippen molar-refractivity contribution in [1.29, 1.82) is 0 Å². The number of para-hydroxylation sites is 1. The predicted octanol–water partition coefficient (Wildman–Crippen LogP) is 2.43. The quantitative estimate of drug-likeness (QED) is 0.781. The van der Waals surface area contributed by atoms with Gasteiger partial charge in [-0.25, -0.2) is 4.79 Å². The molecule has 0 bridgehead atoms. The van der Waals surface area contributed by atoms with Gasteiger partial charge in [0.05, 0.1) is 0 Å². The molecule has 100 valence electrons. The lowest BCUT2D eigenvalue weighted by molar-refractivity contribution is -0.145. The molecule has 0 radical (unpaired) electrons. The van der Waals surface area contributed by atoms with Crippen LogP contribution in [0.4, 0.5) is 0 Å². The number of hydrogen-bond acceptors (Lipinski definition) is 3. The summed E-state index contributed by atoms with van der Waals surface area (Å²) in [5.41, 5.74) is 0.978. The molecule has 4 heteroatoms. The van der Waals surface area contributed by atoms with E-state index < -0.39 is 12.1 Å². The smallest absolute Gasteiger partial charge is 0.344 e. The molecule has 1 rings (SSSR count). The molecule has 0 fully saturated rings. The third-order valence-electron chi connectivity index (χ3n) is 2.59. The maximum Gasteiger partial charge on any atom is 0.344 e. The Morgan fingerprint density at radius 1 is 1.39 bits per heavy atom. The number of hydrogen-bond donors (Lipinski definition) is 2. The second kappa shape index (κ2) is 7.01. The molecular formula is C14H21NO3. The van der Waals surface area contributed by atoms with Crippen LogP contribution in [0.15, 0.2) is 24.3 Å². The van der Waals surface area contributed by atoms with Crippen LogP contribution in [0.25, 0.3) is 0 Å². The molecule has 0 aliphatic carbocycles. The standard InChI is InChI=1S/C14H21NO3/c1-4-12(14(16)17)18-13-8-6-5-7-11(13)9-15-10(2)3/h5-8,10,12,15H,4,9H2,1-3H3,(H,16,17). The van der Waals surface area contributed by atoms with Crippen LogP contribution in [0.1, 0.15) is 32.8 Å². The Morgan fingerprint density at radius 2 is 2.06 bits per heavy atom. The lowest BCUT2D eigenvalue weighted by Crippen LogP contribution is -2.27. The fourth-order valence-electron chi connectivity index (χ4n) is 1.54. The Labute approximate surface area is 108 Å². The van der Waals surface area contributed by atoms with E-state index in [9.17, 15) is 4.79 Å². The average molecular weight is 251 g/mol. The molecule has 0 saturated heterocycles. The average Bonchev–Trinajstić information content (AvgIpc) is 2.34. The minimum Gasteiger partial charge on any atom is -0.479 e. The van der Waals surface area contributed by atoms with E-state index in [-0.39, 0.29) is 0 Å². The lowest BCUT2D eigenvalue weighted by Gasteiger charge is -2.17. The van der Waals surface area contributed by atoms with Gasteiger partial charge in [0.15, 0.2) is 6.10 Å². The van der Waals surface area contributed by atoms with Gasteiger partial charge in [0, 0.05) is 18.2 Å². The third-order valence-corrected chi connectivity index (χ3v) is 2.59. The summed E-state index contributed by atoms with van der Waals surface area (Å²) >= 11 is 0. The minimum atomic E-state index is -0.927. The molecule has 18 heavy (non-hydrogen) atoms. The van der Waals surface area contributed by atoms with Gasteiger partial charge in [-0.05, 0) is 12.5 Å². The van der Waals surface area contributed by atoms with Gasteiger partial charge in [0.1, 0.15) is 5.75 Å². The number of ether oxygens (including phenoxy) is 1. The first-order chi connectivity index (χ1) is 8.54. The van der Waals surface area contributed by atoms with Crippen LogP contribution >= 0.6 is 0 Å². The zero-order valence-corrected chi connectivity index (χ0v) is 11.1. The summed E-state index contributed by atoms with van der Waals surface area (Å²) in [6.45, 7) is 6.60. The van der Waals surface area contributed by atoms with Gasteiger partial charge in [-0.15, -0.1) is 0 Å². The van der Waals surface area contributed by atoms with Crippen LogP contribution < -0.4 is 10.1 Å². The molecule has 1 aromatic rings. The molecule has 0 spiro atoms. The van der Waals surface area contributed by atoms with E-state index in [1.807, 2.05) is 24.3 Å². The van der Waals surface area contributed by atoms with E-state index in [4.69, 9.17) is 9.84 Å². The van der Waals surface area contributed by atoms with Crippen molar-refractivity contribution in [3.05, 3.63) is 29.8 Å². The largest absolute Gasteiger partial charge is 0.479 e. The molecule has 0 amide bonds. The van der Waals surface area contributed by atoms with Gasteiger partial charge in [-0.1, -0.05) is 39.0 Å². The fraction of sp³-hybridized carbons (Fsp3) is 0.500. The SMILES string of the molecule is CCC(Oc1ccccc1CNC(C)C)C(=O)O. The summed E-state index contributed by atoms with van der Waals surface area (Å²) < 4.78 is 5.55. The van der Waals surface area contributed by atoms with Gasteiger partial charge in [-0.2, -0.15) is 0 Å². The number of carboxylic acid groups (broad SMARTS) is 1. The highest BCUT2D eigenvalue weighted by Gasteiger charge is 2.18. The van der Waals surface area contributed by atoms with Crippen molar-refractivity contribution in [2.24, 2.45) is 0 Å². The van der Waals surface area contributed by atoms with Crippen molar-refractivity contribution in [3.63, 3.8) is 0 Å². The summed E-state index contributed by atoms with van der Waals surface area (Å²) in [6.07, 6.45) is -0.341. The zero-order valence-electron chi connectivity index (χ0n) is 11.1. The van der Waals surface area contributed by atoms with Crippen LogP contribution in [0.2, 0.25) is 0 Å². The Morgan fingerprint density at radius 3 is 2.61 bits per heavy atom. The topological polar surface area (TPSA) is 58.6 Å². The van der Waals surface area contributed by atoms with Gasteiger partial charge >= 0.3 is 5.97 Å². The Balaban J connectivity index is 2.78. The Hall–Kier alpha value is -1.55. The number of carbonyl (C=O) groups is 1. The predicted molar refractivity (Wildman–Crippen MR) is 70.8 cm³/mol. The van der Waals surface area contributed by atoms with Crippen LogP contribution in [0, 0.1) is 0 Å². The molecular weight excluding hydrogens is 230 g/mol. The number of carboxylic acids is 1. The molecule has 1 atom stereocenters. The van der Waals surface area contributed by atoms with Crippen molar-refractivity contribution in [3.8, 4) is 5.75 Å². The maximum atomic E-state index is 11.0. The highest BCUT2D eigenvalue weighted by Crippen LogP contribution is 2.20. The summed E-state index contributed by atoms with van der Waals surface area (Å²) in [4.78, 5) is 11.0. The van der Waals surface area contributed by atoms with Crippen molar-refractivity contribution in [2.75, 3.05) is 0 Å². The number of rotatable bonds is 7. The molecule has 0 saturated carbocycles. The summed E-state index contributed by atoms with van der Waals surface area (Å²) in [7, 11) is 0. The molecule has 1 aromatic carbocycles. The van der Waals surface area contributed by atoms with E-state index >= 15 is 0 Å². The summed E-state index contributed by atoms with van der Waals surface area (Å²) in [5, 5.41) is 12.3. The Bertz CT molecular complexity index is 390. The van der Waals surface area contributed by atoms with Crippen molar-refractivity contribution < 1.29 is 14.6 Å². The monoisotopic (exact) mass is 251 g/mol. The van der Waals surface area contributed by atoms with Crippen LogP contribution in [0.3, 0.4) is 0 Å². The van der Waals surface area contributed by atoms with Crippen LogP contribution in [-0.4, -0.2) is 23.2 Å². The summed E-state index contributed by atoms with van der Waals surface area (Å²) in [5.74, 6) is -0.288. The molecule has 0 aliphatic rings. The van der Waals surface area contributed by atoms with Gasteiger partial charge < -0.3 is 15.2 Å². The normalized spacial score (nSPS) is 12.4. The third kappa shape index (κ3) is 4.37.